The minimum absolute atomic E-state index is 0.144. The number of hydrazone groups is 1. The standard InChI is InChI=1S/C22H25N5O2S/c1-14(15-7-5-6-9-23-15)24-20(28)13-27-21(29)17-11-18-16(8-10-30-18)26(17)12-19(25-27)22(2,3)4/h5-11,14H,12-13H2,1-4H3,(H,24,28). The summed E-state index contributed by atoms with van der Waals surface area (Å²) in [6.45, 7) is 8.44. The Morgan fingerprint density at radius 2 is 2.10 bits per heavy atom. The smallest absolute Gasteiger partial charge is 0.291 e. The van der Waals surface area contributed by atoms with E-state index in [0.29, 0.717) is 12.2 Å². The van der Waals surface area contributed by atoms with Crippen molar-refractivity contribution in [3.05, 3.63) is 53.3 Å². The van der Waals surface area contributed by atoms with Gasteiger partial charge in [-0.1, -0.05) is 26.8 Å². The summed E-state index contributed by atoms with van der Waals surface area (Å²) in [6, 6.07) is 9.22. The minimum Gasteiger partial charge on any atom is -0.346 e. The zero-order valence-corrected chi connectivity index (χ0v) is 18.4. The van der Waals surface area contributed by atoms with Crippen molar-refractivity contribution in [2.24, 2.45) is 10.5 Å². The number of nitrogens with zero attached hydrogens (tertiary/aromatic N) is 4. The van der Waals surface area contributed by atoms with Crippen molar-refractivity contribution in [2.75, 3.05) is 6.54 Å². The van der Waals surface area contributed by atoms with E-state index >= 15 is 0 Å². The van der Waals surface area contributed by atoms with E-state index in [0.717, 1.165) is 21.6 Å². The van der Waals surface area contributed by atoms with Gasteiger partial charge in [0.15, 0.2) is 0 Å². The first-order chi connectivity index (χ1) is 14.2. The quantitative estimate of drug-likeness (QED) is 0.693. The van der Waals surface area contributed by atoms with E-state index in [9.17, 15) is 9.59 Å². The van der Waals surface area contributed by atoms with Crippen LogP contribution in [0.15, 0.2) is 47.0 Å². The maximum absolute atomic E-state index is 13.3. The van der Waals surface area contributed by atoms with Crippen molar-refractivity contribution in [3.63, 3.8) is 0 Å². The van der Waals surface area contributed by atoms with E-state index < -0.39 is 0 Å². The molecule has 0 aliphatic carbocycles. The van der Waals surface area contributed by atoms with E-state index in [2.05, 4.69) is 36.2 Å². The van der Waals surface area contributed by atoms with Crippen LogP contribution in [0.3, 0.4) is 0 Å². The largest absolute Gasteiger partial charge is 0.346 e. The van der Waals surface area contributed by atoms with E-state index in [-0.39, 0.29) is 29.8 Å². The van der Waals surface area contributed by atoms with Gasteiger partial charge in [-0.15, -0.1) is 11.3 Å². The predicted octanol–water partition coefficient (Wildman–Crippen LogP) is 3.83. The maximum atomic E-state index is 13.3. The topological polar surface area (TPSA) is 79.6 Å². The average molecular weight is 424 g/mol. The molecule has 0 saturated carbocycles. The number of amides is 2. The molecule has 156 valence electrons. The van der Waals surface area contributed by atoms with Gasteiger partial charge in [-0.3, -0.25) is 14.6 Å². The first-order valence-electron chi connectivity index (χ1n) is 9.91. The van der Waals surface area contributed by atoms with Gasteiger partial charge in [0.25, 0.3) is 5.91 Å². The summed E-state index contributed by atoms with van der Waals surface area (Å²) < 4.78 is 3.06. The Labute approximate surface area is 179 Å². The lowest BCUT2D eigenvalue weighted by Crippen LogP contribution is -2.39. The van der Waals surface area contributed by atoms with Crippen LogP contribution in [0.1, 0.15) is 49.9 Å². The lowest BCUT2D eigenvalue weighted by molar-refractivity contribution is -0.122. The van der Waals surface area contributed by atoms with Crippen LogP contribution >= 0.6 is 11.3 Å². The Kier molecular flexibility index (Phi) is 5.19. The van der Waals surface area contributed by atoms with Gasteiger partial charge in [-0.25, -0.2) is 5.01 Å². The summed E-state index contributed by atoms with van der Waals surface area (Å²) in [5, 5.41) is 10.9. The zero-order valence-electron chi connectivity index (χ0n) is 17.5. The van der Waals surface area contributed by atoms with Crippen molar-refractivity contribution in [2.45, 2.75) is 40.3 Å². The molecule has 8 heteroatoms. The van der Waals surface area contributed by atoms with Gasteiger partial charge in [-0.2, -0.15) is 5.10 Å². The van der Waals surface area contributed by atoms with E-state index in [4.69, 9.17) is 0 Å². The highest BCUT2D eigenvalue weighted by Crippen LogP contribution is 2.30. The van der Waals surface area contributed by atoms with Crippen LogP contribution in [0.2, 0.25) is 0 Å². The van der Waals surface area contributed by atoms with Gasteiger partial charge in [0.2, 0.25) is 5.91 Å². The molecule has 0 aromatic carbocycles. The van der Waals surface area contributed by atoms with Crippen LogP contribution in [0.4, 0.5) is 0 Å². The third-order valence-electron chi connectivity index (χ3n) is 5.19. The summed E-state index contributed by atoms with van der Waals surface area (Å²) in [5.74, 6) is -0.543. The highest BCUT2D eigenvalue weighted by molar-refractivity contribution is 7.17. The Balaban J connectivity index is 1.61. The van der Waals surface area contributed by atoms with E-state index in [1.165, 1.54) is 5.01 Å². The van der Waals surface area contributed by atoms with Gasteiger partial charge in [-0.05, 0) is 36.6 Å². The Morgan fingerprint density at radius 3 is 2.80 bits per heavy atom. The third kappa shape index (κ3) is 3.87. The predicted molar refractivity (Wildman–Crippen MR) is 119 cm³/mol. The number of carbonyl (C=O) groups excluding carboxylic acids is 2. The SMILES string of the molecule is CC(NC(=O)CN1N=C(C(C)(C)C)Cn2c(cc3sccc32)C1=O)c1ccccn1. The van der Waals surface area contributed by atoms with Crippen LogP contribution < -0.4 is 5.32 Å². The number of nitrogens with one attached hydrogen (secondary N) is 1. The number of rotatable bonds is 4. The molecule has 30 heavy (non-hydrogen) atoms. The Morgan fingerprint density at radius 1 is 1.30 bits per heavy atom. The van der Waals surface area contributed by atoms with Crippen LogP contribution in [-0.4, -0.2) is 38.6 Å². The van der Waals surface area contributed by atoms with Crippen LogP contribution in [0.25, 0.3) is 10.2 Å². The summed E-state index contributed by atoms with van der Waals surface area (Å²) >= 11 is 1.60. The van der Waals surface area contributed by atoms with Crippen molar-refractivity contribution < 1.29 is 9.59 Å². The van der Waals surface area contributed by atoms with Crippen molar-refractivity contribution in [3.8, 4) is 0 Å². The van der Waals surface area contributed by atoms with Gasteiger partial charge < -0.3 is 9.88 Å². The number of hydrogen-bond donors (Lipinski definition) is 1. The van der Waals surface area contributed by atoms with Crippen LogP contribution in [-0.2, 0) is 11.3 Å². The molecule has 3 aromatic heterocycles. The Bertz CT molecular complexity index is 1120. The van der Waals surface area contributed by atoms with E-state index in [1.807, 2.05) is 47.2 Å². The van der Waals surface area contributed by atoms with Gasteiger partial charge in [0, 0.05) is 11.6 Å². The second kappa shape index (κ2) is 7.68. The second-order valence-corrected chi connectivity index (χ2v) is 9.44. The minimum atomic E-state index is -0.277. The van der Waals surface area contributed by atoms with Gasteiger partial charge >= 0.3 is 0 Å². The number of hydrogen-bond acceptors (Lipinski definition) is 5. The van der Waals surface area contributed by atoms with Gasteiger partial charge in [0.1, 0.15) is 12.2 Å². The number of fused-ring (bicyclic) bond motifs is 3. The van der Waals surface area contributed by atoms with Crippen molar-refractivity contribution >= 4 is 39.1 Å². The fourth-order valence-electron chi connectivity index (χ4n) is 3.45. The molecule has 1 aliphatic rings. The number of carbonyl (C=O) groups is 2. The molecule has 0 bridgehead atoms. The van der Waals surface area contributed by atoms with Crippen molar-refractivity contribution in [1.82, 2.24) is 19.9 Å². The maximum Gasteiger partial charge on any atom is 0.291 e. The van der Waals surface area contributed by atoms with E-state index in [1.54, 1.807) is 17.5 Å². The molecule has 0 fully saturated rings. The molecule has 4 rings (SSSR count). The molecule has 0 spiro atoms. The normalized spacial score (nSPS) is 15.5. The summed E-state index contributed by atoms with van der Waals surface area (Å²) in [6.07, 6.45) is 1.69. The fourth-order valence-corrected chi connectivity index (χ4v) is 4.28. The molecule has 1 unspecified atom stereocenters. The lowest BCUT2D eigenvalue weighted by atomic mass is 9.90. The summed E-state index contributed by atoms with van der Waals surface area (Å²) in [5.41, 5.74) is 2.95. The molecule has 7 nitrogen and oxygen atoms in total. The van der Waals surface area contributed by atoms with Crippen LogP contribution in [0.5, 0.6) is 0 Å². The molecule has 2 amide bonds. The number of pyridine rings is 1. The average Bonchev–Trinajstić information content (AvgIpc) is 3.25. The molecule has 0 radical (unpaired) electrons. The summed E-state index contributed by atoms with van der Waals surface area (Å²) in [4.78, 5) is 30.3. The number of thiophene rings is 1. The fraction of sp³-hybridized carbons (Fsp3) is 0.364. The molecular weight excluding hydrogens is 398 g/mol. The zero-order chi connectivity index (χ0) is 21.5. The molecule has 0 saturated heterocycles. The highest BCUT2D eigenvalue weighted by Gasteiger charge is 2.31. The monoisotopic (exact) mass is 423 g/mol. The molecular formula is C22H25N5O2S. The summed E-state index contributed by atoms with van der Waals surface area (Å²) in [7, 11) is 0. The number of aromatic nitrogens is 2. The molecule has 1 atom stereocenters. The molecule has 1 aliphatic heterocycles. The second-order valence-electron chi connectivity index (χ2n) is 8.49. The van der Waals surface area contributed by atoms with Crippen molar-refractivity contribution in [1.29, 1.82) is 0 Å². The first-order valence-corrected chi connectivity index (χ1v) is 10.8. The first kappa shape index (κ1) is 20.3. The lowest BCUT2D eigenvalue weighted by Gasteiger charge is -2.23. The van der Waals surface area contributed by atoms with Gasteiger partial charge in [0.05, 0.1) is 34.2 Å². The Hall–Kier alpha value is -3.00. The van der Waals surface area contributed by atoms with Crippen LogP contribution in [0, 0.1) is 5.41 Å². The third-order valence-corrected chi connectivity index (χ3v) is 6.05. The highest BCUT2D eigenvalue weighted by atomic mass is 32.1. The molecule has 4 heterocycles. The molecule has 3 aromatic rings. The molecule has 1 N–H and O–H groups in total.